The molecule has 4 aromatic rings. The molecule has 28 heavy (non-hydrogen) atoms. The normalized spacial score (nSPS) is 10.9. The Balaban J connectivity index is 1.54. The van der Waals surface area contributed by atoms with Crippen molar-refractivity contribution in [1.29, 1.82) is 0 Å². The summed E-state index contributed by atoms with van der Waals surface area (Å²) in [6, 6.07) is 10.4. The van der Waals surface area contributed by atoms with Crippen LogP contribution in [0.15, 0.2) is 64.0 Å². The molecule has 0 radical (unpaired) electrons. The molecule has 0 aliphatic rings. The van der Waals surface area contributed by atoms with Gasteiger partial charge in [-0.05, 0) is 34.1 Å². The number of hydrogen-bond acceptors (Lipinski definition) is 6. The maximum absolute atomic E-state index is 11.9. The van der Waals surface area contributed by atoms with Gasteiger partial charge in [-0.1, -0.05) is 12.1 Å². The van der Waals surface area contributed by atoms with Gasteiger partial charge in [0.1, 0.15) is 17.8 Å². The van der Waals surface area contributed by atoms with Crippen LogP contribution in [-0.2, 0) is 0 Å². The highest BCUT2D eigenvalue weighted by molar-refractivity contribution is 9.10. The van der Waals surface area contributed by atoms with Gasteiger partial charge in [-0.2, -0.15) is 9.61 Å². The van der Waals surface area contributed by atoms with Crippen molar-refractivity contribution < 1.29 is 14.3 Å². The SMILES string of the molecule is O=C(NCCNc1cc(-c2ccccc2O)nc2c(Br)cnn12)c1ccoc1. The summed E-state index contributed by atoms with van der Waals surface area (Å²) in [6.45, 7) is 0.878. The number of nitrogens with one attached hydrogen (secondary N) is 2. The first kappa shape index (κ1) is 18.1. The van der Waals surface area contributed by atoms with Crippen LogP contribution in [0.5, 0.6) is 5.75 Å². The van der Waals surface area contributed by atoms with Gasteiger partial charge in [0.2, 0.25) is 0 Å². The maximum Gasteiger partial charge on any atom is 0.254 e. The molecule has 1 aromatic carbocycles. The lowest BCUT2D eigenvalue weighted by atomic mass is 10.1. The molecule has 0 aliphatic carbocycles. The molecule has 3 aromatic heterocycles. The number of fused-ring (bicyclic) bond motifs is 1. The average Bonchev–Trinajstić information content (AvgIpc) is 3.36. The highest BCUT2D eigenvalue weighted by atomic mass is 79.9. The molecule has 1 amide bonds. The van der Waals surface area contributed by atoms with Crippen LogP contribution in [0.2, 0.25) is 0 Å². The first-order valence-electron chi connectivity index (χ1n) is 8.50. The zero-order valence-corrected chi connectivity index (χ0v) is 16.2. The van der Waals surface area contributed by atoms with Crippen LogP contribution >= 0.6 is 15.9 Å². The van der Waals surface area contributed by atoms with Crippen molar-refractivity contribution in [1.82, 2.24) is 19.9 Å². The van der Waals surface area contributed by atoms with E-state index >= 15 is 0 Å². The van der Waals surface area contributed by atoms with Gasteiger partial charge < -0.3 is 20.2 Å². The van der Waals surface area contributed by atoms with E-state index in [0.717, 1.165) is 4.47 Å². The van der Waals surface area contributed by atoms with Crippen LogP contribution < -0.4 is 10.6 Å². The molecule has 0 bridgehead atoms. The second-order valence-corrected chi connectivity index (χ2v) is 6.82. The van der Waals surface area contributed by atoms with Crippen LogP contribution in [0.3, 0.4) is 0 Å². The van der Waals surface area contributed by atoms with Crippen molar-refractivity contribution >= 4 is 33.3 Å². The molecule has 3 heterocycles. The molecule has 0 unspecified atom stereocenters. The number of amides is 1. The van der Waals surface area contributed by atoms with Crippen molar-refractivity contribution in [2.75, 3.05) is 18.4 Å². The number of carbonyl (C=O) groups is 1. The third kappa shape index (κ3) is 3.56. The number of aromatic nitrogens is 3. The van der Waals surface area contributed by atoms with E-state index in [4.69, 9.17) is 4.42 Å². The molecule has 4 rings (SSSR count). The van der Waals surface area contributed by atoms with E-state index in [-0.39, 0.29) is 11.7 Å². The number of furan rings is 1. The topological polar surface area (TPSA) is 105 Å². The molecule has 0 atom stereocenters. The molecule has 3 N–H and O–H groups in total. The summed E-state index contributed by atoms with van der Waals surface area (Å²) < 4.78 is 7.30. The molecule has 9 heteroatoms. The van der Waals surface area contributed by atoms with Crippen molar-refractivity contribution in [3.05, 3.63) is 65.2 Å². The number of nitrogens with zero attached hydrogens (tertiary/aromatic N) is 3. The van der Waals surface area contributed by atoms with E-state index in [9.17, 15) is 9.90 Å². The number of phenols is 1. The Morgan fingerprint density at radius 2 is 2.11 bits per heavy atom. The Morgan fingerprint density at radius 3 is 2.89 bits per heavy atom. The predicted molar refractivity (Wildman–Crippen MR) is 107 cm³/mol. The Morgan fingerprint density at radius 1 is 1.25 bits per heavy atom. The number of rotatable bonds is 6. The molecule has 0 aliphatic heterocycles. The minimum atomic E-state index is -0.202. The van der Waals surface area contributed by atoms with Crippen molar-refractivity contribution in [2.45, 2.75) is 0 Å². The lowest BCUT2D eigenvalue weighted by Crippen LogP contribution is -2.28. The van der Waals surface area contributed by atoms with Gasteiger partial charge in [0.15, 0.2) is 5.65 Å². The minimum absolute atomic E-state index is 0.147. The summed E-state index contributed by atoms with van der Waals surface area (Å²) in [4.78, 5) is 16.5. The van der Waals surface area contributed by atoms with E-state index in [1.165, 1.54) is 12.5 Å². The molecule has 0 saturated carbocycles. The predicted octanol–water partition coefficient (Wildman–Crippen LogP) is 3.30. The number of benzene rings is 1. The lowest BCUT2D eigenvalue weighted by Gasteiger charge is -2.12. The fraction of sp³-hybridized carbons (Fsp3) is 0.105. The third-order valence-electron chi connectivity index (χ3n) is 4.11. The molecule has 8 nitrogen and oxygen atoms in total. The van der Waals surface area contributed by atoms with Crippen LogP contribution in [0.4, 0.5) is 5.82 Å². The van der Waals surface area contributed by atoms with E-state index in [0.29, 0.717) is 41.4 Å². The van der Waals surface area contributed by atoms with E-state index in [1.807, 2.05) is 6.07 Å². The number of hydrogen-bond donors (Lipinski definition) is 3. The van der Waals surface area contributed by atoms with E-state index < -0.39 is 0 Å². The van der Waals surface area contributed by atoms with Gasteiger partial charge in [-0.3, -0.25) is 4.79 Å². The number of anilines is 1. The van der Waals surface area contributed by atoms with Crippen molar-refractivity contribution in [3.8, 4) is 17.0 Å². The van der Waals surface area contributed by atoms with E-state index in [1.54, 1.807) is 41.0 Å². The quantitative estimate of drug-likeness (QED) is 0.396. The molecule has 0 spiro atoms. The monoisotopic (exact) mass is 441 g/mol. The number of phenolic OH excluding ortho intramolecular Hbond substituents is 1. The van der Waals surface area contributed by atoms with Crippen LogP contribution in [0.1, 0.15) is 10.4 Å². The van der Waals surface area contributed by atoms with E-state index in [2.05, 4.69) is 36.6 Å². The van der Waals surface area contributed by atoms with Gasteiger partial charge in [-0.25, -0.2) is 4.98 Å². The standard InChI is InChI=1S/C19H16BrN5O3/c20-14-10-23-25-17(21-6-7-22-19(27)12-5-8-28-11-12)9-15(24-18(14)25)13-3-1-2-4-16(13)26/h1-5,8-11,21,26H,6-7H2,(H,22,27). The van der Waals surface area contributed by atoms with Crippen LogP contribution in [0.25, 0.3) is 16.9 Å². The zero-order chi connectivity index (χ0) is 19.5. The summed E-state index contributed by atoms with van der Waals surface area (Å²) in [6.07, 6.45) is 4.51. The van der Waals surface area contributed by atoms with Gasteiger partial charge in [0, 0.05) is 24.7 Å². The number of para-hydroxylation sites is 1. The zero-order valence-electron chi connectivity index (χ0n) is 14.6. The second kappa shape index (κ2) is 7.73. The molecular weight excluding hydrogens is 426 g/mol. The Kier molecular flexibility index (Phi) is 4.98. The number of aromatic hydroxyl groups is 1. The van der Waals surface area contributed by atoms with Gasteiger partial charge in [-0.15, -0.1) is 0 Å². The number of carbonyl (C=O) groups excluding carboxylic acids is 1. The lowest BCUT2D eigenvalue weighted by molar-refractivity contribution is 0.0954. The minimum Gasteiger partial charge on any atom is -0.507 e. The Labute approximate surface area is 168 Å². The van der Waals surface area contributed by atoms with Crippen molar-refractivity contribution in [2.24, 2.45) is 0 Å². The van der Waals surface area contributed by atoms with Gasteiger partial charge >= 0.3 is 0 Å². The summed E-state index contributed by atoms with van der Waals surface area (Å²) in [5.74, 6) is 0.631. The molecule has 0 saturated heterocycles. The fourth-order valence-corrected chi connectivity index (χ4v) is 3.10. The molecule has 142 valence electrons. The van der Waals surface area contributed by atoms with Crippen LogP contribution in [0, 0.1) is 0 Å². The van der Waals surface area contributed by atoms with Gasteiger partial charge in [0.05, 0.1) is 28.2 Å². The highest BCUT2D eigenvalue weighted by Crippen LogP contribution is 2.30. The summed E-state index contributed by atoms with van der Waals surface area (Å²) in [7, 11) is 0. The summed E-state index contributed by atoms with van der Waals surface area (Å²) in [5.41, 5.74) is 2.32. The van der Waals surface area contributed by atoms with Crippen molar-refractivity contribution in [3.63, 3.8) is 0 Å². The summed E-state index contributed by atoms with van der Waals surface area (Å²) >= 11 is 3.45. The fourth-order valence-electron chi connectivity index (χ4n) is 2.75. The Hall–Kier alpha value is -3.33. The largest absolute Gasteiger partial charge is 0.507 e. The second-order valence-electron chi connectivity index (χ2n) is 5.97. The molecular formula is C19H16BrN5O3. The maximum atomic E-state index is 11.9. The summed E-state index contributed by atoms with van der Waals surface area (Å²) in [5, 5.41) is 20.5. The average molecular weight is 442 g/mol. The first-order valence-corrected chi connectivity index (χ1v) is 9.29. The number of halogens is 1. The Bertz CT molecular complexity index is 1120. The van der Waals surface area contributed by atoms with Crippen LogP contribution in [-0.4, -0.2) is 38.7 Å². The highest BCUT2D eigenvalue weighted by Gasteiger charge is 2.13. The molecule has 0 fully saturated rings. The van der Waals surface area contributed by atoms with Gasteiger partial charge in [0.25, 0.3) is 5.91 Å². The third-order valence-corrected chi connectivity index (χ3v) is 4.67. The smallest absolute Gasteiger partial charge is 0.254 e. The first-order chi connectivity index (χ1) is 13.6.